The van der Waals surface area contributed by atoms with E-state index in [0.29, 0.717) is 6.61 Å². The molecule has 0 fully saturated rings. The Morgan fingerprint density at radius 2 is 2.28 bits per heavy atom. The summed E-state index contributed by atoms with van der Waals surface area (Å²) in [6.45, 7) is 6.82. The van der Waals surface area contributed by atoms with Crippen LogP contribution in [0.3, 0.4) is 0 Å². The number of benzene rings is 1. The van der Waals surface area contributed by atoms with Crippen molar-refractivity contribution in [2.75, 3.05) is 25.0 Å². The van der Waals surface area contributed by atoms with Crippen LogP contribution < -0.4 is 15.4 Å². The predicted octanol–water partition coefficient (Wildman–Crippen LogP) is 3.07. The van der Waals surface area contributed by atoms with Crippen LogP contribution in [0.25, 0.3) is 0 Å². The molecule has 18 heavy (non-hydrogen) atoms. The van der Waals surface area contributed by atoms with Crippen LogP contribution in [0.2, 0.25) is 0 Å². The van der Waals surface area contributed by atoms with Gasteiger partial charge in [-0.1, -0.05) is 0 Å². The van der Waals surface area contributed by atoms with Gasteiger partial charge in [-0.3, -0.25) is 0 Å². The highest BCUT2D eigenvalue weighted by molar-refractivity contribution is 5.51. The third-order valence-corrected chi connectivity index (χ3v) is 3.12. The van der Waals surface area contributed by atoms with Crippen molar-refractivity contribution in [3.63, 3.8) is 0 Å². The molecule has 0 aliphatic carbocycles. The van der Waals surface area contributed by atoms with Gasteiger partial charge in [0.05, 0.1) is 6.61 Å². The number of aryl methyl sites for hydroxylation is 1. The molecule has 0 radical (unpaired) electrons. The maximum Gasteiger partial charge on any atom is 0.122 e. The Bertz CT molecular complexity index is 427. The summed E-state index contributed by atoms with van der Waals surface area (Å²) in [6, 6.07) is 6.26. The monoisotopic (exact) mass is 246 g/mol. The van der Waals surface area contributed by atoms with E-state index in [0.717, 1.165) is 24.5 Å². The van der Waals surface area contributed by atoms with Crippen molar-refractivity contribution in [1.29, 1.82) is 0 Å². The Hall–Kier alpha value is -1.64. The molecule has 0 amide bonds. The molecular weight excluding hydrogens is 224 g/mol. The Balaban J connectivity index is 1.93. The molecule has 1 heterocycles. The highest BCUT2D eigenvalue weighted by atomic mass is 16.5. The van der Waals surface area contributed by atoms with Crippen molar-refractivity contribution in [1.82, 2.24) is 5.32 Å². The lowest BCUT2D eigenvalue weighted by atomic mass is 10.1. The number of ether oxygens (including phenoxy) is 1. The molecule has 2 N–H and O–H groups in total. The number of nitrogens with one attached hydrogen (secondary N) is 2. The van der Waals surface area contributed by atoms with Gasteiger partial charge in [-0.15, -0.1) is 0 Å². The molecule has 0 spiro atoms. The zero-order valence-corrected chi connectivity index (χ0v) is 11.3. The smallest absolute Gasteiger partial charge is 0.122 e. The van der Waals surface area contributed by atoms with Crippen LogP contribution in [-0.4, -0.2) is 19.7 Å². The fourth-order valence-corrected chi connectivity index (χ4v) is 2.14. The third-order valence-electron chi connectivity index (χ3n) is 3.12. The predicted molar refractivity (Wildman–Crippen MR) is 76.2 cm³/mol. The minimum Gasteiger partial charge on any atom is -0.494 e. The van der Waals surface area contributed by atoms with Gasteiger partial charge < -0.3 is 15.4 Å². The molecule has 3 nitrogen and oxygen atoms in total. The van der Waals surface area contributed by atoms with E-state index in [4.69, 9.17) is 4.74 Å². The van der Waals surface area contributed by atoms with Crippen molar-refractivity contribution < 1.29 is 4.74 Å². The second-order valence-electron chi connectivity index (χ2n) is 4.63. The highest BCUT2D eigenvalue weighted by Gasteiger charge is 2.04. The zero-order chi connectivity index (χ0) is 12.8. The first-order chi connectivity index (χ1) is 8.79. The van der Waals surface area contributed by atoms with Crippen LogP contribution in [0, 0.1) is 6.92 Å². The first-order valence-corrected chi connectivity index (χ1v) is 6.68. The molecular formula is C15H22N2O. The van der Waals surface area contributed by atoms with E-state index in [1.807, 2.05) is 13.0 Å². The fourth-order valence-electron chi connectivity index (χ4n) is 2.14. The van der Waals surface area contributed by atoms with Gasteiger partial charge in [0, 0.05) is 18.8 Å². The standard InChI is InChI=1S/C15H22N2O/c1-3-18-15-7-6-14(9-12(15)2)17-11-13-5-4-8-16-10-13/h6-7,9-10,16-17H,3-5,8,11H2,1-2H3. The SMILES string of the molecule is CCOc1ccc(NCC2=CNCCC2)cc1C. The largest absolute Gasteiger partial charge is 0.494 e. The van der Waals surface area contributed by atoms with Gasteiger partial charge in [0.1, 0.15) is 5.75 Å². The maximum absolute atomic E-state index is 5.54. The molecule has 0 saturated heterocycles. The molecule has 98 valence electrons. The average molecular weight is 246 g/mol. The lowest BCUT2D eigenvalue weighted by Gasteiger charge is -2.16. The van der Waals surface area contributed by atoms with Crippen molar-refractivity contribution >= 4 is 5.69 Å². The molecule has 0 atom stereocenters. The van der Waals surface area contributed by atoms with Crippen LogP contribution >= 0.6 is 0 Å². The van der Waals surface area contributed by atoms with E-state index in [2.05, 4.69) is 35.9 Å². The molecule has 1 aromatic rings. The number of rotatable bonds is 5. The van der Waals surface area contributed by atoms with Crippen LogP contribution in [0.15, 0.2) is 30.0 Å². The van der Waals surface area contributed by atoms with Crippen LogP contribution in [0.1, 0.15) is 25.3 Å². The summed E-state index contributed by atoms with van der Waals surface area (Å²) < 4.78 is 5.54. The summed E-state index contributed by atoms with van der Waals surface area (Å²) in [5.74, 6) is 0.974. The minimum atomic E-state index is 0.714. The Morgan fingerprint density at radius 1 is 1.39 bits per heavy atom. The topological polar surface area (TPSA) is 33.3 Å². The first-order valence-electron chi connectivity index (χ1n) is 6.68. The Labute approximate surface area is 109 Å². The molecule has 1 aromatic carbocycles. The lowest BCUT2D eigenvalue weighted by Crippen LogP contribution is -2.17. The first kappa shape index (κ1) is 12.8. The van der Waals surface area contributed by atoms with E-state index in [1.54, 1.807) is 0 Å². The van der Waals surface area contributed by atoms with Crippen molar-refractivity contribution in [2.24, 2.45) is 0 Å². The third kappa shape index (κ3) is 3.42. The van der Waals surface area contributed by atoms with Gasteiger partial charge in [-0.2, -0.15) is 0 Å². The lowest BCUT2D eigenvalue weighted by molar-refractivity contribution is 0.338. The summed E-state index contributed by atoms with van der Waals surface area (Å²) >= 11 is 0. The van der Waals surface area contributed by atoms with Crippen molar-refractivity contribution in [3.05, 3.63) is 35.5 Å². The van der Waals surface area contributed by atoms with Gasteiger partial charge in [-0.05, 0) is 62.2 Å². The number of hydrogen-bond donors (Lipinski definition) is 2. The Kier molecular flexibility index (Phi) is 4.51. The van der Waals surface area contributed by atoms with Gasteiger partial charge in [0.15, 0.2) is 0 Å². The van der Waals surface area contributed by atoms with Gasteiger partial charge in [0.2, 0.25) is 0 Å². The summed E-state index contributed by atoms with van der Waals surface area (Å²) in [5, 5.41) is 6.75. The van der Waals surface area contributed by atoms with E-state index < -0.39 is 0 Å². The average Bonchev–Trinajstić information content (AvgIpc) is 2.41. The molecule has 1 aliphatic rings. The normalized spacial score (nSPS) is 14.7. The fraction of sp³-hybridized carbons (Fsp3) is 0.467. The quantitative estimate of drug-likeness (QED) is 0.837. The maximum atomic E-state index is 5.54. The zero-order valence-electron chi connectivity index (χ0n) is 11.3. The number of anilines is 1. The van der Waals surface area contributed by atoms with Crippen LogP contribution in [0.4, 0.5) is 5.69 Å². The molecule has 3 heteroatoms. The van der Waals surface area contributed by atoms with E-state index in [-0.39, 0.29) is 0 Å². The van der Waals surface area contributed by atoms with E-state index in [1.165, 1.54) is 24.0 Å². The highest BCUT2D eigenvalue weighted by Crippen LogP contribution is 2.22. The van der Waals surface area contributed by atoms with Gasteiger partial charge >= 0.3 is 0 Å². The van der Waals surface area contributed by atoms with E-state index in [9.17, 15) is 0 Å². The summed E-state index contributed by atoms with van der Waals surface area (Å²) in [4.78, 5) is 0. The van der Waals surface area contributed by atoms with Crippen molar-refractivity contribution in [2.45, 2.75) is 26.7 Å². The van der Waals surface area contributed by atoms with Crippen molar-refractivity contribution in [3.8, 4) is 5.75 Å². The molecule has 0 saturated carbocycles. The van der Waals surface area contributed by atoms with E-state index >= 15 is 0 Å². The van der Waals surface area contributed by atoms with Crippen LogP contribution in [-0.2, 0) is 0 Å². The minimum absolute atomic E-state index is 0.714. The molecule has 2 rings (SSSR count). The van der Waals surface area contributed by atoms with Gasteiger partial charge in [-0.25, -0.2) is 0 Å². The summed E-state index contributed by atoms with van der Waals surface area (Å²) in [7, 11) is 0. The molecule has 0 unspecified atom stereocenters. The second kappa shape index (κ2) is 6.34. The summed E-state index contributed by atoms with van der Waals surface area (Å²) in [5.41, 5.74) is 3.77. The Morgan fingerprint density at radius 3 is 2.94 bits per heavy atom. The molecule has 1 aliphatic heterocycles. The second-order valence-corrected chi connectivity index (χ2v) is 4.63. The molecule has 0 aromatic heterocycles. The molecule has 0 bridgehead atoms. The summed E-state index contributed by atoms with van der Waals surface area (Å²) in [6.07, 6.45) is 4.56. The van der Waals surface area contributed by atoms with Crippen LogP contribution in [0.5, 0.6) is 5.75 Å². The van der Waals surface area contributed by atoms with Gasteiger partial charge in [0.25, 0.3) is 0 Å². The number of hydrogen-bond acceptors (Lipinski definition) is 3.